The van der Waals surface area contributed by atoms with Crippen LogP contribution in [0.2, 0.25) is 0 Å². The molecule has 0 unspecified atom stereocenters. The third kappa shape index (κ3) is 6.18. The lowest BCUT2D eigenvalue weighted by molar-refractivity contribution is 0.0982. The van der Waals surface area contributed by atoms with E-state index in [0.717, 1.165) is 52.9 Å². The van der Waals surface area contributed by atoms with Crippen molar-refractivity contribution >= 4 is 32.7 Å². The first-order valence-corrected chi connectivity index (χ1v) is 15.2. The van der Waals surface area contributed by atoms with E-state index in [-0.39, 0.29) is 4.90 Å². The molecule has 0 bridgehead atoms. The molecule has 1 heterocycles. The van der Waals surface area contributed by atoms with Crippen LogP contribution in [0.4, 0.5) is 5.69 Å². The van der Waals surface area contributed by atoms with Gasteiger partial charge in [-0.2, -0.15) is 0 Å². The van der Waals surface area contributed by atoms with Crippen LogP contribution in [0.5, 0.6) is 0 Å². The fourth-order valence-corrected chi connectivity index (χ4v) is 5.87. The highest BCUT2D eigenvalue weighted by atomic mass is 32.2. The van der Waals surface area contributed by atoms with Crippen LogP contribution in [0.3, 0.4) is 0 Å². The van der Waals surface area contributed by atoms with Crippen molar-refractivity contribution in [1.29, 1.82) is 0 Å². The van der Waals surface area contributed by atoms with Crippen molar-refractivity contribution in [2.45, 2.75) is 37.6 Å². The van der Waals surface area contributed by atoms with E-state index < -0.39 is 15.9 Å². The van der Waals surface area contributed by atoms with E-state index in [4.69, 9.17) is 4.98 Å². The van der Waals surface area contributed by atoms with Gasteiger partial charge in [0.1, 0.15) is 5.82 Å². The number of hydrogen-bond donors (Lipinski definition) is 1. The van der Waals surface area contributed by atoms with Crippen LogP contribution in [-0.4, -0.2) is 38.0 Å². The number of sulfonamides is 1. The molecule has 0 radical (unpaired) electrons. The van der Waals surface area contributed by atoms with Crippen LogP contribution in [0.1, 0.15) is 41.5 Å². The van der Waals surface area contributed by atoms with Gasteiger partial charge in [0.15, 0.2) is 0 Å². The first kappa shape index (κ1) is 28.1. The Balaban J connectivity index is 1.43. The zero-order valence-electron chi connectivity index (χ0n) is 23.5. The van der Waals surface area contributed by atoms with Crippen LogP contribution >= 0.6 is 0 Å². The number of nitrogens with zero attached hydrogens (tertiary/aromatic N) is 3. The van der Waals surface area contributed by atoms with Gasteiger partial charge in [0, 0.05) is 38.3 Å². The molecule has 5 aromatic rings. The summed E-state index contributed by atoms with van der Waals surface area (Å²) in [5.74, 6) is 0.402. The lowest BCUT2D eigenvalue weighted by atomic mass is 9.98. The molecule has 1 N–H and O–H groups in total. The molecule has 0 aliphatic rings. The highest BCUT2D eigenvalue weighted by Crippen LogP contribution is 2.27. The quantitative estimate of drug-likeness (QED) is 0.215. The second-order valence-electron chi connectivity index (χ2n) is 10.3. The normalized spacial score (nSPS) is 11.5. The summed E-state index contributed by atoms with van der Waals surface area (Å²) in [7, 11) is 0.0799. The van der Waals surface area contributed by atoms with Crippen LogP contribution < -0.4 is 9.62 Å². The number of carbonyl (C=O) groups is 1. The van der Waals surface area contributed by atoms with Gasteiger partial charge in [-0.15, -0.1) is 0 Å². The Morgan fingerprint density at radius 1 is 0.902 bits per heavy atom. The lowest BCUT2D eigenvalue weighted by Gasteiger charge is -2.14. The van der Waals surface area contributed by atoms with Crippen LogP contribution in [0.15, 0.2) is 102 Å². The SMILES string of the molecule is CCCCc1nc2ccc(N(C)C)cc2n1Cc1ccc(-c2ccccc2C(=O)NS(=O)(=O)c2ccccc2)cc1. The Morgan fingerprint density at radius 3 is 2.32 bits per heavy atom. The fraction of sp³-hybridized carbons (Fsp3) is 0.212. The molecule has 0 saturated carbocycles. The molecule has 8 heteroatoms. The van der Waals surface area contributed by atoms with Gasteiger partial charge < -0.3 is 9.47 Å². The van der Waals surface area contributed by atoms with Gasteiger partial charge in [-0.25, -0.2) is 18.1 Å². The molecular weight excluding hydrogens is 532 g/mol. The van der Waals surface area contributed by atoms with Crippen LogP contribution in [-0.2, 0) is 23.0 Å². The standard InChI is InChI=1S/C33H34N4O3S/c1-4-5-15-32-34-30-21-20-26(36(2)3)22-31(30)37(32)23-24-16-18-25(19-17-24)28-13-9-10-14-29(28)33(38)35-41(39,40)27-11-7-6-8-12-27/h6-14,16-22H,4-5,15,23H2,1-3H3,(H,35,38). The summed E-state index contributed by atoms with van der Waals surface area (Å²) in [4.78, 5) is 20.2. The van der Waals surface area contributed by atoms with E-state index in [1.807, 2.05) is 38.4 Å². The van der Waals surface area contributed by atoms with Crippen molar-refractivity contribution in [2.24, 2.45) is 0 Å². The van der Waals surface area contributed by atoms with Crippen molar-refractivity contribution < 1.29 is 13.2 Å². The maximum absolute atomic E-state index is 13.1. The summed E-state index contributed by atoms with van der Waals surface area (Å²) >= 11 is 0. The predicted octanol–water partition coefficient (Wildman–Crippen LogP) is 6.28. The molecule has 1 aromatic heterocycles. The Hall–Kier alpha value is -4.43. The van der Waals surface area contributed by atoms with E-state index in [1.165, 1.54) is 12.1 Å². The number of benzene rings is 4. The lowest BCUT2D eigenvalue weighted by Crippen LogP contribution is -2.30. The minimum atomic E-state index is -3.99. The molecule has 0 aliphatic carbocycles. The molecule has 0 aliphatic heterocycles. The first-order valence-electron chi connectivity index (χ1n) is 13.7. The van der Waals surface area contributed by atoms with E-state index in [2.05, 4.69) is 51.4 Å². The van der Waals surface area contributed by atoms with Gasteiger partial charge in [0.25, 0.3) is 15.9 Å². The van der Waals surface area contributed by atoms with Crippen molar-refractivity contribution in [3.63, 3.8) is 0 Å². The average Bonchev–Trinajstić information content (AvgIpc) is 3.32. The number of amides is 1. The third-order valence-corrected chi connectivity index (χ3v) is 8.49. The van der Waals surface area contributed by atoms with Gasteiger partial charge >= 0.3 is 0 Å². The first-order chi connectivity index (χ1) is 19.8. The van der Waals surface area contributed by atoms with Crippen molar-refractivity contribution in [3.05, 3.63) is 114 Å². The molecule has 5 rings (SSSR count). The van der Waals surface area contributed by atoms with Crippen molar-refractivity contribution in [2.75, 3.05) is 19.0 Å². The number of imidazole rings is 1. The monoisotopic (exact) mass is 566 g/mol. The topological polar surface area (TPSA) is 84.3 Å². The Morgan fingerprint density at radius 2 is 1.61 bits per heavy atom. The number of aryl methyl sites for hydroxylation is 1. The number of carbonyl (C=O) groups excluding carboxylic acids is 1. The van der Waals surface area contributed by atoms with Gasteiger partial charge in [-0.05, 0) is 59.5 Å². The molecule has 0 saturated heterocycles. The van der Waals surface area contributed by atoms with Gasteiger partial charge in [-0.1, -0.05) is 74.0 Å². The van der Waals surface area contributed by atoms with Crippen LogP contribution in [0.25, 0.3) is 22.2 Å². The molecule has 0 fully saturated rings. The van der Waals surface area contributed by atoms with Gasteiger partial charge in [-0.3, -0.25) is 4.79 Å². The zero-order valence-corrected chi connectivity index (χ0v) is 24.4. The van der Waals surface area contributed by atoms with E-state index in [0.29, 0.717) is 17.7 Å². The minimum absolute atomic E-state index is 0.0400. The Labute approximate surface area is 241 Å². The van der Waals surface area contributed by atoms with Gasteiger partial charge in [0.05, 0.1) is 15.9 Å². The van der Waals surface area contributed by atoms with Crippen molar-refractivity contribution in [3.8, 4) is 11.1 Å². The predicted molar refractivity (Wildman–Crippen MR) is 165 cm³/mol. The summed E-state index contributed by atoms with van der Waals surface area (Å²) < 4.78 is 30.0. The smallest absolute Gasteiger partial charge is 0.265 e. The zero-order chi connectivity index (χ0) is 29.0. The third-order valence-electron chi connectivity index (χ3n) is 7.14. The van der Waals surface area contributed by atoms with Crippen LogP contribution in [0, 0.1) is 0 Å². The summed E-state index contributed by atoms with van der Waals surface area (Å²) in [6, 6.07) is 29.3. The summed E-state index contributed by atoms with van der Waals surface area (Å²) in [6.07, 6.45) is 3.08. The number of rotatable bonds is 10. The summed E-state index contributed by atoms with van der Waals surface area (Å²) in [5.41, 5.74) is 6.10. The Kier molecular flexibility index (Phi) is 8.21. The summed E-state index contributed by atoms with van der Waals surface area (Å²) in [6.45, 7) is 2.86. The molecule has 210 valence electrons. The van der Waals surface area contributed by atoms with E-state index in [1.54, 1.807) is 30.3 Å². The average molecular weight is 567 g/mol. The number of aromatic nitrogens is 2. The highest BCUT2D eigenvalue weighted by molar-refractivity contribution is 7.90. The molecule has 4 aromatic carbocycles. The molecular formula is C33H34N4O3S. The molecule has 7 nitrogen and oxygen atoms in total. The summed E-state index contributed by atoms with van der Waals surface area (Å²) in [5, 5.41) is 0. The number of fused-ring (bicyclic) bond motifs is 1. The minimum Gasteiger partial charge on any atom is -0.378 e. The molecule has 0 atom stereocenters. The fourth-order valence-electron chi connectivity index (χ4n) is 4.88. The largest absolute Gasteiger partial charge is 0.378 e. The molecule has 0 spiro atoms. The second kappa shape index (κ2) is 12.0. The van der Waals surface area contributed by atoms with E-state index in [9.17, 15) is 13.2 Å². The Bertz CT molecular complexity index is 1780. The van der Waals surface area contributed by atoms with Gasteiger partial charge in [0.2, 0.25) is 0 Å². The van der Waals surface area contributed by atoms with E-state index >= 15 is 0 Å². The maximum atomic E-state index is 13.1. The maximum Gasteiger partial charge on any atom is 0.265 e. The number of unbranched alkanes of at least 4 members (excludes halogenated alkanes) is 1. The second-order valence-corrected chi connectivity index (χ2v) is 12.0. The van der Waals surface area contributed by atoms with Crippen molar-refractivity contribution in [1.82, 2.24) is 14.3 Å². The highest BCUT2D eigenvalue weighted by Gasteiger charge is 2.21. The number of hydrogen-bond acceptors (Lipinski definition) is 5. The number of anilines is 1. The molecule has 1 amide bonds. The molecule has 41 heavy (non-hydrogen) atoms. The number of nitrogens with one attached hydrogen (secondary N) is 1.